The summed E-state index contributed by atoms with van der Waals surface area (Å²) in [4.78, 5) is 31.2. The second-order valence-corrected chi connectivity index (χ2v) is 17.3. The lowest BCUT2D eigenvalue weighted by Gasteiger charge is -2.38. The summed E-state index contributed by atoms with van der Waals surface area (Å²) in [6.45, 7) is -1.35. The minimum Gasteiger partial charge on any atom is -0.489 e. The SMILES string of the molecule is O=C(NO)C1CCC(ONC(=O)C2CCC(O)CN2S(=O)(=O)c2ccc(OCc3cc(F)ccc3F)cc2)CN1S(=O)(=O)c1ccc(OCc2ccccc2F)cc1. The quantitative estimate of drug-likeness (QED) is 0.107. The number of nitrogens with one attached hydrogen (secondary N) is 2. The molecule has 0 aliphatic carbocycles. The molecule has 4 atom stereocenters. The molecule has 0 saturated carbocycles. The average molecular weight is 849 g/mol. The predicted octanol–water partition coefficient (Wildman–Crippen LogP) is 3.55. The smallest absolute Gasteiger partial charge is 0.261 e. The molecular formula is C38H39F3N4O11S2. The van der Waals surface area contributed by atoms with Crippen molar-refractivity contribution in [2.75, 3.05) is 13.1 Å². The number of hydrogen-bond donors (Lipinski definition) is 4. The van der Waals surface area contributed by atoms with Gasteiger partial charge in [-0.25, -0.2) is 41.0 Å². The molecule has 2 aliphatic rings. The van der Waals surface area contributed by atoms with Gasteiger partial charge in [0.15, 0.2) is 0 Å². The van der Waals surface area contributed by atoms with Crippen molar-refractivity contribution in [2.24, 2.45) is 0 Å². The molecule has 4 unspecified atom stereocenters. The van der Waals surface area contributed by atoms with Crippen molar-refractivity contribution in [1.82, 2.24) is 19.6 Å². The molecule has 4 N–H and O–H groups in total. The highest BCUT2D eigenvalue weighted by molar-refractivity contribution is 7.89. The van der Waals surface area contributed by atoms with Crippen LogP contribution in [0.4, 0.5) is 13.2 Å². The molecule has 15 nitrogen and oxygen atoms in total. The fourth-order valence-corrected chi connectivity index (χ4v) is 9.85. The molecule has 58 heavy (non-hydrogen) atoms. The molecule has 0 radical (unpaired) electrons. The van der Waals surface area contributed by atoms with Crippen LogP contribution >= 0.6 is 0 Å². The third kappa shape index (κ3) is 9.77. The summed E-state index contributed by atoms with van der Waals surface area (Å²) in [6, 6.07) is 16.3. The molecule has 0 bridgehead atoms. The fourth-order valence-electron chi connectivity index (χ4n) is 6.54. The molecular weight excluding hydrogens is 810 g/mol. The third-order valence-electron chi connectivity index (χ3n) is 9.66. The van der Waals surface area contributed by atoms with Crippen molar-refractivity contribution in [3.8, 4) is 11.5 Å². The molecule has 2 saturated heterocycles. The Morgan fingerprint density at radius 2 is 1.21 bits per heavy atom. The number of rotatable bonds is 14. The van der Waals surface area contributed by atoms with E-state index in [4.69, 9.17) is 14.3 Å². The van der Waals surface area contributed by atoms with Crippen molar-refractivity contribution in [2.45, 2.75) is 73.0 Å². The summed E-state index contributed by atoms with van der Waals surface area (Å²) < 4.78 is 110. The van der Waals surface area contributed by atoms with Gasteiger partial charge in [-0.15, -0.1) is 0 Å². The second-order valence-electron chi connectivity index (χ2n) is 13.5. The number of hydroxylamine groups is 2. The number of aliphatic hydroxyl groups is 1. The van der Waals surface area contributed by atoms with E-state index in [9.17, 15) is 49.9 Å². The van der Waals surface area contributed by atoms with Crippen LogP contribution in [0.15, 0.2) is 101 Å². The van der Waals surface area contributed by atoms with E-state index in [1.807, 2.05) is 0 Å². The lowest BCUT2D eigenvalue weighted by Crippen LogP contribution is -2.57. The Balaban J connectivity index is 1.10. The van der Waals surface area contributed by atoms with Crippen LogP contribution in [0, 0.1) is 17.5 Å². The number of nitrogens with zero attached hydrogens (tertiary/aromatic N) is 2. The van der Waals surface area contributed by atoms with Gasteiger partial charge in [0.05, 0.1) is 22.0 Å². The number of carbonyl (C=O) groups excluding carboxylic acids is 2. The highest BCUT2D eigenvalue weighted by atomic mass is 32.2. The summed E-state index contributed by atoms with van der Waals surface area (Å²) in [6.07, 6.45) is -2.24. The van der Waals surface area contributed by atoms with Gasteiger partial charge in [-0.1, -0.05) is 18.2 Å². The first kappa shape index (κ1) is 42.5. The van der Waals surface area contributed by atoms with Crippen molar-refractivity contribution in [3.05, 3.63) is 120 Å². The van der Waals surface area contributed by atoms with E-state index in [0.717, 1.165) is 26.8 Å². The van der Waals surface area contributed by atoms with Crippen LogP contribution in [0.3, 0.4) is 0 Å². The molecule has 2 amide bonds. The maximum Gasteiger partial charge on any atom is 0.261 e. The Labute approximate surface area is 331 Å². The molecule has 0 aromatic heterocycles. The topological polar surface area (TPSA) is 201 Å². The molecule has 2 heterocycles. The Bertz CT molecular complexity index is 2320. The number of carbonyl (C=O) groups is 2. The Kier molecular flexibility index (Phi) is 13.4. The first-order valence-electron chi connectivity index (χ1n) is 17.9. The monoisotopic (exact) mass is 848 g/mol. The van der Waals surface area contributed by atoms with Gasteiger partial charge >= 0.3 is 0 Å². The van der Waals surface area contributed by atoms with Crippen LogP contribution < -0.4 is 20.4 Å². The summed E-state index contributed by atoms with van der Waals surface area (Å²) in [5.74, 6) is -3.33. The van der Waals surface area contributed by atoms with Crippen LogP contribution in [0.25, 0.3) is 0 Å². The molecule has 6 rings (SSSR count). The predicted molar refractivity (Wildman–Crippen MR) is 197 cm³/mol. The van der Waals surface area contributed by atoms with Gasteiger partial charge in [0.2, 0.25) is 20.0 Å². The van der Waals surface area contributed by atoms with Gasteiger partial charge in [0, 0.05) is 24.2 Å². The highest BCUT2D eigenvalue weighted by Crippen LogP contribution is 2.30. The van der Waals surface area contributed by atoms with Gasteiger partial charge in [0.1, 0.15) is 54.2 Å². The zero-order chi connectivity index (χ0) is 41.6. The van der Waals surface area contributed by atoms with Gasteiger partial charge in [-0.05, 0) is 98.5 Å². The van der Waals surface area contributed by atoms with Crippen molar-refractivity contribution >= 4 is 31.9 Å². The average Bonchev–Trinajstić information content (AvgIpc) is 3.22. The van der Waals surface area contributed by atoms with E-state index in [1.54, 1.807) is 6.07 Å². The number of aliphatic hydroxyl groups excluding tert-OH is 1. The lowest BCUT2D eigenvalue weighted by molar-refractivity contribution is -0.149. The van der Waals surface area contributed by atoms with Crippen LogP contribution in [0.5, 0.6) is 11.5 Å². The maximum absolute atomic E-state index is 14.0. The number of β-amino-alcohol motifs (C(OH)–C–C–N with tert-alkyl or cyclic N) is 1. The van der Waals surface area contributed by atoms with Crippen LogP contribution in [0.2, 0.25) is 0 Å². The molecule has 2 aliphatic heterocycles. The Morgan fingerprint density at radius 3 is 1.81 bits per heavy atom. The molecule has 0 spiro atoms. The van der Waals surface area contributed by atoms with E-state index in [0.29, 0.717) is 0 Å². The van der Waals surface area contributed by atoms with Gasteiger partial charge in [-0.2, -0.15) is 8.61 Å². The number of piperidine rings is 2. The Morgan fingerprint density at radius 1 is 0.672 bits per heavy atom. The summed E-state index contributed by atoms with van der Waals surface area (Å²) in [5, 5.41) is 19.8. The zero-order valence-corrected chi connectivity index (χ0v) is 32.2. The maximum atomic E-state index is 14.0. The number of hydrogen-bond acceptors (Lipinski definition) is 11. The van der Waals surface area contributed by atoms with Crippen LogP contribution in [0.1, 0.15) is 36.8 Å². The standard InChI is InChI=1S/C38H39F3N4O11S2/c39-26-5-16-34(41)25(19-26)23-55-29-9-12-31(13-10-29)57(50,51)44-20-27(46)6-17-36(44)38(48)43-56-30-11-18-35(37(47)42-49)45(21-30)58(52,53)32-14-7-28(8-15-32)54-22-24-3-1-2-4-33(24)40/h1-5,7-10,12-16,19,27,30,35-36,46,49H,6,11,17-18,20-23H2,(H,42,47)(H,43,48). The van der Waals surface area contributed by atoms with E-state index in [1.165, 1.54) is 72.2 Å². The third-order valence-corrected chi connectivity index (χ3v) is 13.4. The minimum atomic E-state index is -4.44. The molecule has 4 aromatic rings. The van der Waals surface area contributed by atoms with E-state index >= 15 is 0 Å². The normalized spacial score (nSPS) is 20.6. The van der Waals surface area contributed by atoms with Crippen LogP contribution in [-0.2, 0) is 47.7 Å². The number of benzene rings is 4. The zero-order valence-electron chi connectivity index (χ0n) is 30.5. The number of amides is 2. The van der Waals surface area contributed by atoms with E-state index in [-0.39, 0.29) is 71.3 Å². The van der Waals surface area contributed by atoms with Gasteiger partial charge < -0.3 is 14.6 Å². The highest BCUT2D eigenvalue weighted by Gasteiger charge is 2.43. The second kappa shape index (κ2) is 18.2. The summed E-state index contributed by atoms with van der Waals surface area (Å²) in [5.41, 5.74) is 3.94. The number of halogens is 3. The van der Waals surface area contributed by atoms with Gasteiger partial charge in [0.25, 0.3) is 11.8 Å². The molecule has 2 fully saturated rings. The van der Waals surface area contributed by atoms with E-state index in [2.05, 4.69) is 5.48 Å². The first-order valence-corrected chi connectivity index (χ1v) is 20.8. The number of sulfonamides is 2. The lowest BCUT2D eigenvalue weighted by atomic mass is 10.0. The van der Waals surface area contributed by atoms with Crippen molar-refractivity contribution in [3.63, 3.8) is 0 Å². The number of ether oxygens (including phenoxy) is 2. The summed E-state index contributed by atoms with van der Waals surface area (Å²) >= 11 is 0. The van der Waals surface area contributed by atoms with Crippen molar-refractivity contribution in [1.29, 1.82) is 0 Å². The Hall–Kier alpha value is -5.09. The molecule has 20 heteroatoms. The first-order chi connectivity index (χ1) is 27.7. The largest absolute Gasteiger partial charge is 0.489 e. The fraction of sp³-hybridized carbons (Fsp3) is 0.316. The minimum absolute atomic E-state index is 0.0406. The summed E-state index contributed by atoms with van der Waals surface area (Å²) in [7, 11) is -8.86. The van der Waals surface area contributed by atoms with E-state index < -0.39 is 86.7 Å². The molecule has 310 valence electrons. The molecule has 4 aromatic carbocycles. The van der Waals surface area contributed by atoms with Crippen molar-refractivity contribution < 1.29 is 64.2 Å². The van der Waals surface area contributed by atoms with Crippen LogP contribution in [-0.4, -0.2) is 85.0 Å². The van der Waals surface area contributed by atoms with Gasteiger partial charge in [-0.3, -0.25) is 19.6 Å².